The quantitative estimate of drug-likeness (QED) is 0.385. The number of aliphatic carboxylic acids is 1. The zero-order valence-electron chi connectivity index (χ0n) is 16.2. The van der Waals surface area contributed by atoms with E-state index in [0.717, 1.165) is 5.56 Å². The number of carbonyl (C=O) groups excluding carboxylic acids is 2. The molecule has 6 N–H and O–H groups in total. The number of carboxylic acid groups (broad SMARTS) is 1. The number of rotatable bonds is 10. The van der Waals surface area contributed by atoms with E-state index in [0.29, 0.717) is 5.02 Å². The molecule has 9 heteroatoms. The van der Waals surface area contributed by atoms with E-state index in [2.05, 4.69) is 10.6 Å². The molecule has 1 rings (SSSR count). The van der Waals surface area contributed by atoms with Crippen LogP contribution < -0.4 is 16.4 Å². The molecule has 0 saturated heterocycles. The monoisotopic (exact) mass is 413 g/mol. The van der Waals surface area contributed by atoms with Gasteiger partial charge in [-0.2, -0.15) is 0 Å². The van der Waals surface area contributed by atoms with Gasteiger partial charge in [-0.05, 0) is 30.5 Å². The summed E-state index contributed by atoms with van der Waals surface area (Å²) in [6.45, 7) is 5.08. The Kier molecular flexibility index (Phi) is 9.37. The van der Waals surface area contributed by atoms with Crippen LogP contribution in [0.3, 0.4) is 0 Å². The van der Waals surface area contributed by atoms with Crippen LogP contribution in [0.5, 0.6) is 0 Å². The number of carbonyl (C=O) groups is 3. The van der Waals surface area contributed by atoms with Gasteiger partial charge in [0, 0.05) is 23.9 Å². The predicted octanol–water partition coefficient (Wildman–Crippen LogP) is 0.863. The van der Waals surface area contributed by atoms with Crippen LogP contribution in [0.1, 0.15) is 38.7 Å². The predicted molar refractivity (Wildman–Crippen MR) is 106 cm³/mol. The standard InChI is InChI=1S/C19H28ClN3O5/c1-10(2)16(21)18(26)22-9-13(12-4-6-14(20)7-5-12)8-15(25)23-17(11(3)24)19(27)28/h4-7,10-11,13,16-17,24H,8-9,21H2,1-3H3,(H,22,26)(H,23,25)(H,27,28)/t11?,13?,16-,17-/m0/s1. The van der Waals surface area contributed by atoms with E-state index in [1.54, 1.807) is 24.3 Å². The number of amides is 2. The molecule has 2 unspecified atom stereocenters. The zero-order valence-corrected chi connectivity index (χ0v) is 16.9. The maximum absolute atomic E-state index is 12.4. The Morgan fingerprint density at radius 2 is 1.71 bits per heavy atom. The number of halogens is 1. The summed E-state index contributed by atoms with van der Waals surface area (Å²) in [4.78, 5) is 35.7. The maximum atomic E-state index is 12.4. The number of hydrogen-bond acceptors (Lipinski definition) is 5. The molecule has 0 aliphatic rings. The number of benzene rings is 1. The zero-order chi connectivity index (χ0) is 21.4. The summed E-state index contributed by atoms with van der Waals surface area (Å²) < 4.78 is 0. The molecule has 0 aliphatic carbocycles. The molecule has 8 nitrogen and oxygen atoms in total. The molecular formula is C19H28ClN3O5. The molecule has 0 saturated carbocycles. The summed E-state index contributed by atoms with van der Waals surface area (Å²) in [6, 6.07) is 4.71. The Hall–Kier alpha value is -2.16. The van der Waals surface area contributed by atoms with E-state index in [-0.39, 0.29) is 24.8 Å². The van der Waals surface area contributed by atoms with Crippen LogP contribution in [-0.2, 0) is 14.4 Å². The molecule has 0 bridgehead atoms. The lowest BCUT2D eigenvalue weighted by molar-refractivity contribution is -0.144. The molecule has 1 aromatic carbocycles. The van der Waals surface area contributed by atoms with Crippen molar-refractivity contribution < 1.29 is 24.6 Å². The molecule has 28 heavy (non-hydrogen) atoms. The van der Waals surface area contributed by atoms with Crippen LogP contribution in [0.25, 0.3) is 0 Å². The first-order valence-corrected chi connectivity index (χ1v) is 9.39. The fourth-order valence-electron chi connectivity index (χ4n) is 2.53. The number of nitrogens with one attached hydrogen (secondary N) is 2. The average Bonchev–Trinajstić information content (AvgIpc) is 2.62. The van der Waals surface area contributed by atoms with Crippen LogP contribution in [0.2, 0.25) is 5.02 Å². The summed E-state index contributed by atoms with van der Waals surface area (Å²) in [7, 11) is 0. The van der Waals surface area contributed by atoms with Crippen molar-refractivity contribution in [2.24, 2.45) is 11.7 Å². The Morgan fingerprint density at radius 3 is 2.18 bits per heavy atom. The minimum Gasteiger partial charge on any atom is -0.480 e. The molecule has 1 aromatic rings. The number of carboxylic acids is 1. The van der Waals surface area contributed by atoms with Gasteiger partial charge < -0.3 is 26.6 Å². The van der Waals surface area contributed by atoms with E-state index in [1.165, 1.54) is 6.92 Å². The normalized spacial score (nSPS) is 15.4. The first-order valence-electron chi connectivity index (χ1n) is 9.01. The van der Waals surface area contributed by atoms with Crippen molar-refractivity contribution in [3.63, 3.8) is 0 Å². The number of aliphatic hydroxyl groups excluding tert-OH is 1. The second-order valence-corrected chi connectivity index (χ2v) is 7.53. The van der Waals surface area contributed by atoms with E-state index >= 15 is 0 Å². The first kappa shape index (κ1) is 23.9. The Balaban J connectivity index is 2.89. The van der Waals surface area contributed by atoms with Crippen LogP contribution in [0.15, 0.2) is 24.3 Å². The van der Waals surface area contributed by atoms with Gasteiger partial charge in [0.15, 0.2) is 6.04 Å². The first-order chi connectivity index (χ1) is 13.0. The van der Waals surface area contributed by atoms with E-state index in [4.69, 9.17) is 22.4 Å². The van der Waals surface area contributed by atoms with Gasteiger partial charge in [0.25, 0.3) is 0 Å². The fraction of sp³-hybridized carbons (Fsp3) is 0.526. The van der Waals surface area contributed by atoms with Gasteiger partial charge in [-0.1, -0.05) is 37.6 Å². The molecule has 4 atom stereocenters. The lowest BCUT2D eigenvalue weighted by atomic mass is 9.94. The molecule has 2 amide bonds. The van der Waals surface area contributed by atoms with Crippen LogP contribution in [0, 0.1) is 5.92 Å². The third kappa shape index (κ3) is 7.46. The van der Waals surface area contributed by atoms with Gasteiger partial charge in [0.2, 0.25) is 11.8 Å². The van der Waals surface area contributed by atoms with Crippen LogP contribution in [-0.4, -0.2) is 52.7 Å². The van der Waals surface area contributed by atoms with Crippen molar-refractivity contribution in [3.8, 4) is 0 Å². The summed E-state index contributed by atoms with van der Waals surface area (Å²) in [5.74, 6) is -2.69. The van der Waals surface area contributed by atoms with E-state index in [1.807, 2.05) is 13.8 Å². The number of nitrogens with two attached hydrogens (primary N) is 1. The smallest absolute Gasteiger partial charge is 0.328 e. The summed E-state index contributed by atoms with van der Waals surface area (Å²) in [6.07, 6.45) is -1.34. The van der Waals surface area contributed by atoms with Crippen molar-refractivity contribution in [1.82, 2.24) is 10.6 Å². The third-order valence-corrected chi connectivity index (χ3v) is 4.63. The number of hydrogen-bond donors (Lipinski definition) is 5. The molecule has 0 aromatic heterocycles. The summed E-state index contributed by atoms with van der Waals surface area (Å²) >= 11 is 5.91. The maximum Gasteiger partial charge on any atom is 0.328 e. The van der Waals surface area contributed by atoms with Crippen molar-refractivity contribution >= 4 is 29.4 Å². The third-order valence-electron chi connectivity index (χ3n) is 4.38. The highest BCUT2D eigenvalue weighted by molar-refractivity contribution is 6.30. The minimum absolute atomic E-state index is 0.0420. The van der Waals surface area contributed by atoms with Crippen molar-refractivity contribution in [3.05, 3.63) is 34.9 Å². The second kappa shape index (κ2) is 11.0. The molecule has 0 fully saturated rings. The fourth-order valence-corrected chi connectivity index (χ4v) is 2.66. The Labute approximate surface area is 169 Å². The summed E-state index contributed by atoms with van der Waals surface area (Å²) in [5.41, 5.74) is 6.59. The van der Waals surface area contributed by atoms with Gasteiger partial charge in [-0.3, -0.25) is 9.59 Å². The molecular weight excluding hydrogens is 386 g/mol. The Morgan fingerprint density at radius 1 is 1.14 bits per heavy atom. The lowest BCUT2D eigenvalue weighted by Crippen LogP contribution is -2.48. The van der Waals surface area contributed by atoms with Crippen LogP contribution in [0.4, 0.5) is 0 Å². The number of aliphatic hydroxyl groups is 1. The van der Waals surface area contributed by atoms with Gasteiger partial charge in [0.05, 0.1) is 12.1 Å². The molecule has 0 heterocycles. The molecule has 156 valence electrons. The van der Waals surface area contributed by atoms with Gasteiger partial charge in [-0.15, -0.1) is 0 Å². The van der Waals surface area contributed by atoms with Crippen molar-refractivity contribution in [2.45, 2.75) is 51.3 Å². The second-order valence-electron chi connectivity index (χ2n) is 7.09. The SMILES string of the molecule is CC(C)[C@H](N)C(=O)NCC(CC(=O)N[C@H](C(=O)O)C(C)O)c1ccc(Cl)cc1. The van der Waals surface area contributed by atoms with Gasteiger partial charge in [0.1, 0.15) is 0 Å². The Bertz CT molecular complexity index is 679. The summed E-state index contributed by atoms with van der Waals surface area (Å²) in [5, 5.41) is 24.2. The highest BCUT2D eigenvalue weighted by atomic mass is 35.5. The lowest BCUT2D eigenvalue weighted by Gasteiger charge is -2.22. The van der Waals surface area contributed by atoms with Gasteiger partial charge >= 0.3 is 5.97 Å². The largest absolute Gasteiger partial charge is 0.480 e. The van der Waals surface area contributed by atoms with Crippen molar-refractivity contribution in [2.75, 3.05) is 6.54 Å². The molecule has 0 spiro atoms. The van der Waals surface area contributed by atoms with E-state index < -0.39 is 36.0 Å². The molecule has 0 aliphatic heterocycles. The highest BCUT2D eigenvalue weighted by Gasteiger charge is 2.27. The van der Waals surface area contributed by atoms with Crippen molar-refractivity contribution in [1.29, 1.82) is 0 Å². The van der Waals surface area contributed by atoms with Crippen LogP contribution >= 0.6 is 11.6 Å². The molecule has 0 radical (unpaired) electrons. The average molecular weight is 414 g/mol. The van der Waals surface area contributed by atoms with E-state index in [9.17, 15) is 19.5 Å². The van der Waals surface area contributed by atoms with Gasteiger partial charge in [-0.25, -0.2) is 4.79 Å². The minimum atomic E-state index is -1.41. The topological polar surface area (TPSA) is 142 Å². The highest BCUT2D eigenvalue weighted by Crippen LogP contribution is 2.21.